The fourth-order valence-electron chi connectivity index (χ4n) is 1.90. The number of hydrogen-bond donors (Lipinski definition) is 2. The maximum Gasteiger partial charge on any atom is 0.144 e. The number of amidine groups is 1. The maximum absolute atomic E-state index is 8.70. The molecule has 0 bridgehead atoms. The smallest absolute Gasteiger partial charge is 0.144 e. The van der Waals surface area contributed by atoms with E-state index in [1.54, 1.807) is 0 Å². The lowest BCUT2D eigenvalue weighted by Gasteiger charge is -2.28. The van der Waals surface area contributed by atoms with Crippen LogP contribution in [0.3, 0.4) is 0 Å². The Morgan fingerprint density at radius 1 is 1.28 bits per heavy atom. The minimum atomic E-state index is -0.211. The molecule has 0 fully saturated rings. The second-order valence-corrected chi connectivity index (χ2v) is 6.29. The topological polar surface area (TPSA) is 61.8 Å². The summed E-state index contributed by atoms with van der Waals surface area (Å²) in [6.07, 6.45) is 3.20. The lowest BCUT2D eigenvalue weighted by atomic mass is 9.86. The van der Waals surface area contributed by atoms with Crippen molar-refractivity contribution >= 4 is 5.84 Å². The summed E-state index contributed by atoms with van der Waals surface area (Å²) in [4.78, 5) is 2.40. The Labute approximate surface area is 112 Å². The highest BCUT2D eigenvalue weighted by Gasteiger charge is 2.23. The van der Waals surface area contributed by atoms with Crippen LogP contribution in [-0.4, -0.2) is 35.6 Å². The largest absolute Gasteiger partial charge is 0.409 e. The quantitative estimate of drug-likeness (QED) is 0.231. The zero-order valence-electron chi connectivity index (χ0n) is 12.9. The molecule has 0 aliphatic rings. The fourth-order valence-corrected chi connectivity index (χ4v) is 1.90. The minimum Gasteiger partial charge on any atom is -0.409 e. The summed E-state index contributed by atoms with van der Waals surface area (Å²) in [7, 11) is 2.18. The van der Waals surface area contributed by atoms with Crippen molar-refractivity contribution < 1.29 is 5.21 Å². The van der Waals surface area contributed by atoms with Gasteiger partial charge in [0.25, 0.3) is 0 Å². The molecule has 3 N–H and O–H groups in total. The molecule has 0 saturated heterocycles. The van der Waals surface area contributed by atoms with E-state index in [4.69, 9.17) is 10.9 Å². The van der Waals surface area contributed by atoms with Gasteiger partial charge in [-0.05, 0) is 39.3 Å². The summed E-state index contributed by atoms with van der Waals surface area (Å²) >= 11 is 0. The zero-order chi connectivity index (χ0) is 14.3. The highest BCUT2D eigenvalue weighted by atomic mass is 16.4. The molecule has 1 unspecified atom stereocenters. The van der Waals surface area contributed by atoms with Crippen LogP contribution in [0.5, 0.6) is 0 Å². The molecule has 0 aliphatic carbocycles. The van der Waals surface area contributed by atoms with Crippen LogP contribution < -0.4 is 5.73 Å². The van der Waals surface area contributed by atoms with Crippen LogP contribution >= 0.6 is 0 Å². The average molecular weight is 257 g/mol. The van der Waals surface area contributed by atoms with E-state index in [1.807, 2.05) is 13.8 Å². The number of nitrogens with two attached hydrogens (primary N) is 1. The van der Waals surface area contributed by atoms with E-state index in [0.717, 1.165) is 25.8 Å². The third kappa shape index (κ3) is 5.71. The fraction of sp³-hybridized carbons (Fsp3) is 0.929. The number of nitrogens with zero attached hydrogens (tertiary/aromatic N) is 2. The van der Waals surface area contributed by atoms with Gasteiger partial charge >= 0.3 is 0 Å². The van der Waals surface area contributed by atoms with Crippen molar-refractivity contribution in [3.05, 3.63) is 0 Å². The molecule has 18 heavy (non-hydrogen) atoms. The molecule has 108 valence electrons. The van der Waals surface area contributed by atoms with Gasteiger partial charge in [0.2, 0.25) is 0 Å². The van der Waals surface area contributed by atoms with E-state index in [1.165, 1.54) is 0 Å². The van der Waals surface area contributed by atoms with Crippen LogP contribution in [0.4, 0.5) is 0 Å². The van der Waals surface area contributed by atoms with Crippen LogP contribution in [0, 0.1) is 11.3 Å². The molecule has 1 atom stereocenters. The highest BCUT2D eigenvalue weighted by Crippen LogP contribution is 2.23. The molecule has 0 saturated carbocycles. The van der Waals surface area contributed by atoms with Crippen molar-refractivity contribution in [3.8, 4) is 0 Å². The SMILES string of the molecule is CC(C)C(C)N(C)CCCCC(C)(C)C(N)=NO. The summed E-state index contributed by atoms with van der Waals surface area (Å²) in [6, 6.07) is 0.613. The first-order chi connectivity index (χ1) is 8.22. The Hall–Kier alpha value is -0.770. The standard InChI is InChI=1S/C14H31N3O/c1-11(2)12(3)17(6)10-8-7-9-14(4,5)13(15)16-18/h11-12,18H,7-10H2,1-6H3,(H2,15,16). The van der Waals surface area contributed by atoms with Crippen LogP contribution in [-0.2, 0) is 0 Å². The van der Waals surface area contributed by atoms with Gasteiger partial charge in [0, 0.05) is 11.5 Å². The summed E-state index contributed by atoms with van der Waals surface area (Å²) in [5.41, 5.74) is 5.46. The molecule has 0 radical (unpaired) electrons. The number of oxime groups is 1. The van der Waals surface area contributed by atoms with Crippen LogP contribution in [0.1, 0.15) is 53.9 Å². The molecule has 0 aliphatic heterocycles. The third-order valence-corrected chi connectivity index (χ3v) is 4.02. The Balaban J connectivity index is 3.94. The highest BCUT2D eigenvalue weighted by molar-refractivity contribution is 5.85. The van der Waals surface area contributed by atoms with Crippen LogP contribution in [0.2, 0.25) is 0 Å². The van der Waals surface area contributed by atoms with Crippen molar-refractivity contribution in [1.29, 1.82) is 0 Å². The molecule has 4 heteroatoms. The van der Waals surface area contributed by atoms with E-state index in [2.05, 4.69) is 37.9 Å². The van der Waals surface area contributed by atoms with Crippen molar-refractivity contribution in [3.63, 3.8) is 0 Å². The average Bonchev–Trinajstić information content (AvgIpc) is 2.31. The van der Waals surface area contributed by atoms with Gasteiger partial charge in [-0.25, -0.2) is 0 Å². The summed E-state index contributed by atoms with van der Waals surface area (Å²) in [5.74, 6) is 1.01. The Kier molecular flexibility index (Phi) is 7.29. The van der Waals surface area contributed by atoms with Crippen molar-refractivity contribution in [2.45, 2.75) is 59.9 Å². The third-order valence-electron chi connectivity index (χ3n) is 4.02. The van der Waals surface area contributed by atoms with Gasteiger partial charge in [0.15, 0.2) is 0 Å². The van der Waals surface area contributed by atoms with E-state index < -0.39 is 0 Å². The monoisotopic (exact) mass is 257 g/mol. The molecule has 0 aromatic heterocycles. The predicted molar refractivity (Wildman–Crippen MR) is 78.0 cm³/mol. The zero-order valence-corrected chi connectivity index (χ0v) is 12.9. The van der Waals surface area contributed by atoms with Gasteiger partial charge in [-0.1, -0.05) is 39.3 Å². The van der Waals surface area contributed by atoms with Gasteiger partial charge in [-0.3, -0.25) is 0 Å². The van der Waals surface area contributed by atoms with Gasteiger partial charge in [-0.2, -0.15) is 0 Å². The molecule has 4 nitrogen and oxygen atoms in total. The molecule has 0 spiro atoms. The molecular weight excluding hydrogens is 226 g/mol. The van der Waals surface area contributed by atoms with Gasteiger partial charge in [0.1, 0.15) is 5.84 Å². The predicted octanol–water partition coefficient (Wildman–Crippen LogP) is 2.91. The van der Waals surface area contributed by atoms with Gasteiger partial charge in [-0.15, -0.1) is 0 Å². The molecule has 0 rings (SSSR count). The molecule has 0 aromatic rings. The lowest BCUT2D eigenvalue weighted by molar-refractivity contribution is 0.202. The Morgan fingerprint density at radius 2 is 1.83 bits per heavy atom. The van der Waals surface area contributed by atoms with E-state index >= 15 is 0 Å². The molecule has 0 amide bonds. The first kappa shape index (κ1) is 17.2. The first-order valence-electron chi connectivity index (χ1n) is 6.90. The summed E-state index contributed by atoms with van der Waals surface area (Å²) < 4.78 is 0. The van der Waals surface area contributed by atoms with Gasteiger partial charge < -0.3 is 15.8 Å². The van der Waals surface area contributed by atoms with Crippen molar-refractivity contribution in [2.75, 3.05) is 13.6 Å². The molecular formula is C14H31N3O. The van der Waals surface area contributed by atoms with Crippen molar-refractivity contribution in [2.24, 2.45) is 22.2 Å². The molecule has 0 heterocycles. The van der Waals surface area contributed by atoms with E-state index in [0.29, 0.717) is 17.8 Å². The second kappa shape index (κ2) is 7.62. The summed E-state index contributed by atoms with van der Waals surface area (Å²) in [5, 5.41) is 11.8. The number of unbranched alkanes of at least 4 members (excludes halogenated alkanes) is 1. The van der Waals surface area contributed by atoms with Crippen LogP contribution in [0.15, 0.2) is 5.16 Å². The normalized spacial score (nSPS) is 15.4. The summed E-state index contributed by atoms with van der Waals surface area (Å²) in [6.45, 7) is 11.9. The Morgan fingerprint density at radius 3 is 2.28 bits per heavy atom. The van der Waals surface area contributed by atoms with E-state index in [9.17, 15) is 0 Å². The maximum atomic E-state index is 8.70. The second-order valence-electron chi connectivity index (χ2n) is 6.29. The number of hydrogen-bond acceptors (Lipinski definition) is 3. The van der Waals surface area contributed by atoms with Crippen LogP contribution in [0.25, 0.3) is 0 Å². The number of rotatable bonds is 8. The Bertz CT molecular complexity index is 262. The molecule has 0 aromatic carbocycles. The minimum absolute atomic E-state index is 0.211. The van der Waals surface area contributed by atoms with Crippen molar-refractivity contribution in [1.82, 2.24) is 4.90 Å². The van der Waals surface area contributed by atoms with E-state index in [-0.39, 0.29) is 5.41 Å². The first-order valence-corrected chi connectivity index (χ1v) is 6.90. The van der Waals surface area contributed by atoms with Gasteiger partial charge in [0.05, 0.1) is 0 Å². The lowest BCUT2D eigenvalue weighted by Crippen LogP contribution is -2.34.